The highest BCUT2D eigenvalue weighted by atomic mass is 35.5. The molecule has 21 heavy (non-hydrogen) atoms. The molecule has 0 atom stereocenters. The predicted molar refractivity (Wildman–Crippen MR) is 71.1 cm³/mol. The number of anilines is 1. The Hall–Kier alpha value is -2.24. The van der Waals surface area contributed by atoms with Crippen LogP contribution in [-0.4, -0.2) is 13.4 Å². The number of halogens is 3. The molecule has 0 spiro atoms. The Balaban J connectivity index is 2.46. The summed E-state index contributed by atoms with van der Waals surface area (Å²) in [6.07, 6.45) is 0. The molecule has 0 saturated heterocycles. The van der Waals surface area contributed by atoms with E-state index in [0.717, 1.165) is 18.2 Å². The summed E-state index contributed by atoms with van der Waals surface area (Å²) in [6.45, 7) is 0. The average Bonchev–Trinajstić information content (AvgIpc) is 2.42. The van der Waals surface area contributed by atoms with Gasteiger partial charge in [0.15, 0.2) is 0 Å². The molecule has 1 aromatic carbocycles. The fourth-order valence-corrected chi connectivity index (χ4v) is 3.05. The second kappa shape index (κ2) is 5.63. The van der Waals surface area contributed by atoms with Gasteiger partial charge in [0.25, 0.3) is 10.0 Å². The first-order chi connectivity index (χ1) is 9.83. The monoisotopic (exact) mass is 329 g/mol. The molecule has 9 heteroatoms. The lowest BCUT2D eigenvalue weighted by Gasteiger charge is -2.10. The number of rotatable bonds is 3. The molecular weight excluding hydrogens is 324 g/mol. The minimum Gasteiger partial charge on any atom is -0.275 e. The molecular formula is C12H6ClF2N3O2S. The first-order valence-corrected chi connectivity index (χ1v) is 7.24. The maximum atomic E-state index is 13.4. The van der Waals surface area contributed by atoms with Gasteiger partial charge in [0.05, 0.1) is 16.7 Å². The van der Waals surface area contributed by atoms with Gasteiger partial charge in [0.2, 0.25) is 11.9 Å². The summed E-state index contributed by atoms with van der Waals surface area (Å²) in [4.78, 5) is 2.47. The SMILES string of the molecule is N#Cc1ccc(Cl)c(S(=O)(=O)Nc2ccc(F)nc2F)c1. The molecule has 2 aromatic rings. The van der Waals surface area contributed by atoms with Crippen LogP contribution in [0.3, 0.4) is 0 Å². The molecule has 108 valence electrons. The van der Waals surface area contributed by atoms with Crippen LogP contribution < -0.4 is 4.72 Å². The van der Waals surface area contributed by atoms with Crippen molar-refractivity contribution in [2.45, 2.75) is 4.90 Å². The van der Waals surface area contributed by atoms with Crippen molar-refractivity contribution in [3.63, 3.8) is 0 Å². The third-order valence-electron chi connectivity index (χ3n) is 2.41. The zero-order chi connectivity index (χ0) is 15.6. The summed E-state index contributed by atoms with van der Waals surface area (Å²) >= 11 is 5.77. The van der Waals surface area contributed by atoms with E-state index in [-0.39, 0.29) is 10.6 Å². The van der Waals surface area contributed by atoms with E-state index in [9.17, 15) is 17.2 Å². The number of hydrogen-bond donors (Lipinski definition) is 1. The summed E-state index contributed by atoms with van der Waals surface area (Å²) in [5.74, 6) is -2.40. The van der Waals surface area contributed by atoms with Gasteiger partial charge in [-0.05, 0) is 30.3 Å². The fourth-order valence-electron chi connectivity index (χ4n) is 1.47. The number of aromatic nitrogens is 1. The lowest BCUT2D eigenvalue weighted by molar-refractivity contribution is 0.515. The number of nitrogens with zero attached hydrogens (tertiary/aromatic N) is 2. The van der Waals surface area contributed by atoms with Gasteiger partial charge < -0.3 is 0 Å². The molecule has 1 N–H and O–H groups in total. The number of pyridine rings is 1. The number of hydrogen-bond acceptors (Lipinski definition) is 4. The van der Waals surface area contributed by atoms with Crippen LogP contribution in [0.1, 0.15) is 5.56 Å². The molecule has 0 aliphatic rings. The Bertz CT molecular complexity index is 850. The first kappa shape index (κ1) is 15.2. The fraction of sp³-hybridized carbons (Fsp3) is 0. The van der Waals surface area contributed by atoms with E-state index < -0.39 is 32.5 Å². The van der Waals surface area contributed by atoms with Crippen molar-refractivity contribution in [3.8, 4) is 6.07 Å². The van der Waals surface area contributed by atoms with E-state index in [2.05, 4.69) is 4.98 Å². The topological polar surface area (TPSA) is 82.8 Å². The number of nitriles is 1. The molecule has 0 unspecified atom stereocenters. The van der Waals surface area contributed by atoms with Crippen LogP contribution in [0.25, 0.3) is 0 Å². The van der Waals surface area contributed by atoms with Gasteiger partial charge in [0, 0.05) is 0 Å². The highest BCUT2D eigenvalue weighted by molar-refractivity contribution is 7.92. The first-order valence-electron chi connectivity index (χ1n) is 5.38. The van der Waals surface area contributed by atoms with Crippen LogP contribution in [0.4, 0.5) is 14.5 Å². The van der Waals surface area contributed by atoms with Gasteiger partial charge >= 0.3 is 0 Å². The van der Waals surface area contributed by atoms with Crippen LogP contribution in [0.5, 0.6) is 0 Å². The van der Waals surface area contributed by atoms with E-state index >= 15 is 0 Å². The van der Waals surface area contributed by atoms with E-state index in [4.69, 9.17) is 16.9 Å². The average molecular weight is 330 g/mol. The van der Waals surface area contributed by atoms with E-state index in [1.165, 1.54) is 12.1 Å². The minimum absolute atomic E-state index is 0.0671. The Morgan fingerprint density at radius 2 is 1.95 bits per heavy atom. The van der Waals surface area contributed by atoms with Crippen molar-refractivity contribution in [1.82, 2.24) is 4.98 Å². The van der Waals surface area contributed by atoms with Crippen LogP contribution in [-0.2, 0) is 10.0 Å². The Kier molecular flexibility index (Phi) is 4.06. The molecule has 5 nitrogen and oxygen atoms in total. The zero-order valence-corrected chi connectivity index (χ0v) is 11.7. The van der Waals surface area contributed by atoms with Crippen molar-refractivity contribution >= 4 is 27.3 Å². The zero-order valence-electron chi connectivity index (χ0n) is 10.1. The van der Waals surface area contributed by atoms with Crippen molar-refractivity contribution in [2.75, 3.05) is 4.72 Å². The summed E-state index contributed by atoms with van der Waals surface area (Å²) in [5, 5.41) is 8.62. The Morgan fingerprint density at radius 1 is 1.24 bits per heavy atom. The summed E-state index contributed by atoms with van der Waals surface area (Å²) in [6, 6.07) is 7.05. The molecule has 0 radical (unpaired) electrons. The van der Waals surface area contributed by atoms with Gasteiger partial charge in [-0.3, -0.25) is 4.72 Å². The Labute approximate surface area is 123 Å². The summed E-state index contributed by atoms with van der Waals surface area (Å²) in [7, 11) is -4.25. The minimum atomic E-state index is -4.25. The molecule has 0 fully saturated rings. The quantitative estimate of drug-likeness (QED) is 0.878. The smallest absolute Gasteiger partial charge is 0.263 e. The van der Waals surface area contributed by atoms with Crippen molar-refractivity contribution in [2.24, 2.45) is 0 Å². The lowest BCUT2D eigenvalue weighted by Crippen LogP contribution is -2.15. The lowest BCUT2D eigenvalue weighted by atomic mass is 10.2. The highest BCUT2D eigenvalue weighted by Crippen LogP contribution is 2.25. The summed E-state index contributed by atoms with van der Waals surface area (Å²) in [5.41, 5.74) is -0.465. The maximum absolute atomic E-state index is 13.4. The van der Waals surface area contributed by atoms with Crippen LogP contribution in [0.2, 0.25) is 5.02 Å². The van der Waals surface area contributed by atoms with Gasteiger partial charge in [-0.2, -0.15) is 19.0 Å². The highest BCUT2D eigenvalue weighted by Gasteiger charge is 2.21. The van der Waals surface area contributed by atoms with Crippen LogP contribution >= 0.6 is 11.6 Å². The third kappa shape index (κ3) is 3.26. The Morgan fingerprint density at radius 3 is 2.57 bits per heavy atom. The van der Waals surface area contributed by atoms with E-state index in [1.807, 2.05) is 4.72 Å². The third-order valence-corrected chi connectivity index (χ3v) is 4.26. The molecule has 0 saturated carbocycles. The molecule has 0 aliphatic carbocycles. The molecule has 1 heterocycles. The van der Waals surface area contributed by atoms with Gasteiger partial charge in [-0.15, -0.1) is 0 Å². The van der Waals surface area contributed by atoms with Crippen molar-refractivity contribution in [3.05, 3.63) is 52.8 Å². The summed E-state index contributed by atoms with van der Waals surface area (Å²) < 4.78 is 52.2. The largest absolute Gasteiger partial charge is 0.275 e. The molecule has 1 aromatic heterocycles. The predicted octanol–water partition coefficient (Wildman–Crippen LogP) is 2.69. The van der Waals surface area contributed by atoms with E-state index in [0.29, 0.717) is 0 Å². The molecule has 0 amide bonds. The number of benzene rings is 1. The maximum Gasteiger partial charge on any atom is 0.263 e. The second-order valence-corrected chi connectivity index (χ2v) is 5.89. The number of nitrogens with one attached hydrogen (secondary N) is 1. The molecule has 0 aliphatic heterocycles. The van der Waals surface area contributed by atoms with Crippen molar-refractivity contribution < 1.29 is 17.2 Å². The van der Waals surface area contributed by atoms with Crippen molar-refractivity contribution in [1.29, 1.82) is 5.26 Å². The van der Waals surface area contributed by atoms with Crippen LogP contribution in [0.15, 0.2) is 35.2 Å². The van der Waals surface area contributed by atoms with E-state index in [1.54, 1.807) is 6.07 Å². The standard InChI is InChI=1S/C12H6ClF2N3O2S/c13-8-2-1-7(6-16)5-10(8)21(19,20)18-9-3-4-11(14)17-12(9)15/h1-5,18H. The van der Waals surface area contributed by atoms with Crippen LogP contribution in [0, 0.1) is 23.2 Å². The molecule has 2 rings (SSSR count). The van der Waals surface area contributed by atoms with Gasteiger partial charge in [-0.25, -0.2) is 8.42 Å². The van der Waals surface area contributed by atoms with Gasteiger partial charge in [0.1, 0.15) is 10.6 Å². The number of sulfonamides is 1. The normalized spacial score (nSPS) is 11.0. The van der Waals surface area contributed by atoms with Gasteiger partial charge in [-0.1, -0.05) is 11.6 Å². The second-order valence-electron chi connectivity index (χ2n) is 3.83. The molecule has 0 bridgehead atoms.